The van der Waals surface area contributed by atoms with Gasteiger partial charge in [-0.3, -0.25) is 4.79 Å². The molecule has 1 unspecified atom stereocenters. The Bertz CT molecular complexity index is 138. The number of allylic oxidation sites excluding steroid dienone is 2. The summed E-state index contributed by atoms with van der Waals surface area (Å²) in [5, 5.41) is 0. The zero-order valence-corrected chi connectivity index (χ0v) is 6.45. The number of hydrogen-bond donors (Lipinski definition) is 0. The van der Waals surface area contributed by atoms with E-state index in [0.29, 0.717) is 5.92 Å². The van der Waals surface area contributed by atoms with Gasteiger partial charge < -0.3 is 4.99 Å². The van der Waals surface area contributed by atoms with Gasteiger partial charge in [-0.2, -0.15) is 0 Å². The Morgan fingerprint density at radius 1 is 1.60 bits per heavy atom. The summed E-state index contributed by atoms with van der Waals surface area (Å²) in [5.74, 6) is 0.432. The van der Waals surface area contributed by atoms with Crippen molar-refractivity contribution in [3.8, 4) is 0 Å². The highest BCUT2D eigenvalue weighted by molar-refractivity contribution is 5.65. The quantitative estimate of drug-likeness (QED) is 0.329. The van der Waals surface area contributed by atoms with Gasteiger partial charge in [-0.15, -0.1) is 0 Å². The lowest BCUT2D eigenvalue weighted by Crippen LogP contribution is -1.92. The number of carbonyl (C=O) groups excluding carboxylic acids is 1. The summed E-state index contributed by atoms with van der Waals surface area (Å²) >= 11 is 0. The van der Waals surface area contributed by atoms with Crippen molar-refractivity contribution in [1.82, 2.24) is 0 Å². The van der Waals surface area contributed by atoms with Gasteiger partial charge in [0.1, 0.15) is 6.29 Å². The van der Waals surface area contributed by atoms with Crippen molar-refractivity contribution in [2.45, 2.75) is 13.3 Å². The Balaban J connectivity index is 3.47. The fourth-order valence-corrected chi connectivity index (χ4v) is 0.664. The highest BCUT2D eigenvalue weighted by atomic mass is 16.1. The van der Waals surface area contributed by atoms with Crippen LogP contribution in [0.3, 0.4) is 0 Å². The van der Waals surface area contributed by atoms with Gasteiger partial charge in [0, 0.05) is 13.3 Å². The Morgan fingerprint density at radius 2 is 2.30 bits per heavy atom. The van der Waals surface area contributed by atoms with E-state index in [-0.39, 0.29) is 0 Å². The van der Waals surface area contributed by atoms with Crippen molar-refractivity contribution in [2.24, 2.45) is 10.9 Å². The largest absolute Gasteiger partial charge is 0.301 e. The standard InChI is InChI=1S/C8H13NO/c1-8(7-9-2)5-3-4-6-10/h3-4,6-8H,5H2,1-2H3/b4-3+,9-7?. The SMILES string of the molecule is CN=CC(C)C/C=C/C=O. The van der Waals surface area contributed by atoms with Gasteiger partial charge in [-0.25, -0.2) is 0 Å². The molecule has 0 bridgehead atoms. The van der Waals surface area contributed by atoms with E-state index in [4.69, 9.17) is 0 Å². The molecule has 0 fully saturated rings. The van der Waals surface area contributed by atoms with Crippen LogP contribution in [-0.2, 0) is 4.79 Å². The predicted molar refractivity (Wildman–Crippen MR) is 43.4 cm³/mol. The van der Waals surface area contributed by atoms with Crippen LogP contribution in [0, 0.1) is 5.92 Å². The number of rotatable bonds is 4. The van der Waals surface area contributed by atoms with Crippen LogP contribution in [0.15, 0.2) is 17.1 Å². The zero-order valence-electron chi connectivity index (χ0n) is 6.45. The summed E-state index contributed by atoms with van der Waals surface area (Å²) in [5.41, 5.74) is 0. The van der Waals surface area contributed by atoms with E-state index in [1.807, 2.05) is 12.3 Å². The minimum atomic E-state index is 0.432. The van der Waals surface area contributed by atoms with Gasteiger partial charge >= 0.3 is 0 Å². The van der Waals surface area contributed by atoms with Crippen molar-refractivity contribution >= 4 is 12.5 Å². The molecule has 0 amide bonds. The summed E-state index contributed by atoms with van der Waals surface area (Å²) < 4.78 is 0. The number of aldehydes is 1. The van der Waals surface area contributed by atoms with E-state index >= 15 is 0 Å². The maximum Gasteiger partial charge on any atom is 0.142 e. The predicted octanol–water partition coefficient (Wildman–Crippen LogP) is 1.47. The summed E-state index contributed by atoms with van der Waals surface area (Å²) in [4.78, 5) is 13.7. The van der Waals surface area contributed by atoms with Crippen LogP contribution in [-0.4, -0.2) is 19.5 Å². The molecular formula is C8H13NO. The van der Waals surface area contributed by atoms with Crippen LogP contribution in [0.4, 0.5) is 0 Å². The molecule has 0 aliphatic carbocycles. The van der Waals surface area contributed by atoms with Gasteiger partial charge in [0.05, 0.1) is 0 Å². The molecule has 0 radical (unpaired) electrons. The molecule has 0 aliphatic heterocycles. The maximum absolute atomic E-state index is 9.82. The molecule has 0 rings (SSSR count). The molecular weight excluding hydrogens is 126 g/mol. The van der Waals surface area contributed by atoms with Gasteiger partial charge in [-0.1, -0.05) is 13.0 Å². The second-order valence-electron chi connectivity index (χ2n) is 2.18. The van der Waals surface area contributed by atoms with Crippen LogP contribution in [0.2, 0.25) is 0 Å². The number of carbonyl (C=O) groups is 1. The van der Waals surface area contributed by atoms with Crippen LogP contribution in [0.5, 0.6) is 0 Å². The average Bonchev–Trinajstić information content (AvgIpc) is 1.89. The molecule has 0 spiro atoms. The van der Waals surface area contributed by atoms with E-state index in [9.17, 15) is 4.79 Å². The van der Waals surface area contributed by atoms with Gasteiger partial charge in [-0.05, 0) is 18.4 Å². The summed E-state index contributed by atoms with van der Waals surface area (Å²) in [6.45, 7) is 2.06. The molecule has 2 nitrogen and oxygen atoms in total. The first kappa shape index (κ1) is 9.08. The summed E-state index contributed by atoms with van der Waals surface area (Å²) in [7, 11) is 1.75. The smallest absolute Gasteiger partial charge is 0.142 e. The zero-order chi connectivity index (χ0) is 7.82. The monoisotopic (exact) mass is 139 g/mol. The molecule has 2 heteroatoms. The van der Waals surface area contributed by atoms with E-state index in [0.717, 1.165) is 12.7 Å². The number of hydrogen-bond acceptors (Lipinski definition) is 2. The van der Waals surface area contributed by atoms with Crippen molar-refractivity contribution < 1.29 is 4.79 Å². The van der Waals surface area contributed by atoms with Gasteiger partial charge in [0.2, 0.25) is 0 Å². The molecule has 0 aromatic heterocycles. The first-order valence-corrected chi connectivity index (χ1v) is 3.33. The molecule has 0 N–H and O–H groups in total. The van der Waals surface area contributed by atoms with Crippen molar-refractivity contribution in [3.63, 3.8) is 0 Å². The lowest BCUT2D eigenvalue weighted by atomic mass is 10.1. The van der Waals surface area contributed by atoms with Gasteiger partial charge in [0.15, 0.2) is 0 Å². The molecule has 0 heterocycles. The van der Waals surface area contributed by atoms with Crippen LogP contribution >= 0.6 is 0 Å². The van der Waals surface area contributed by atoms with E-state index in [2.05, 4.69) is 11.9 Å². The van der Waals surface area contributed by atoms with Crippen LogP contribution < -0.4 is 0 Å². The fourth-order valence-electron chi connectivity index (χ4n) is 0.664. The topological polar surface area (TPSA) is 29.4 Å². The molecule has 0 aliphatic rings. The Labute approximate surface area is 61.7 Å². The molecule has 0 saturated carbocycles. The Hall–Kier alpha value is -0.920. The van der Waals surface area contributed by atoms with E-state index in [1.54, 1.807) is 7.05 Å². The second kappa shape index (κ2) is 6.20. The molecule has 0 saturated heterocycles. The van der Waals surface area contributed by atoms with E-state index < -0.39 is 0 Å². The van der Waals surface area contributed by atoms with Crippen LogP contribution in [0.1, 0.15) is 13.3 Å². The second-order valence-corrected chi connectivity index (χ2v) is 2.18. The van der Waals surface area contributed by atoms with Crippen LogP contribution in [0.25, 0.3) is 0 Å². The normalized spacial score (nSPS) is 14.6. The Kier molecular flexibility index (Phi) is 5.63. The highest BCUT2D eigenvalue weighted by Gasteiger charge is 1.90. The number of nitrogens with zero attached hydrogens (tertiary/aromatic N) is 1. The molecule has 0 aromatic carbocycles. The minimum absolute atomic E-state index is 0.432. The third kappa shape index (κ3) is 5.22. The lowest BCUT2D eigenvalue weighted by Gasteiger charge is -1.96. The summed E-state index contributed by atoms with van der Waals surface area (Å²) in [6.07, 6.45) is 6.90. The maximum atomic E-state index is 9.82. The van der Waals surface area contributed by atoms with E-state index in [1.165, 1.54) is 6.08 Å². The van der Waals surface area contributed by atoms with Crippen molar-refractivity contribution in [2.75, 3.05) is 7.05 Å². The van der Waals surface area contributed by atoms with Gasteiger partial charge in [0.25, 0.3) is 0 Å². The molecule has 1 atom stereocenters. The Morgan fingerprint density at radius 3 is 2.80 bits per heavy atom. The first-order chi connectivity index (χ1) is 4.81. The molecule has 10 heavy (non-hydrogen) atoms. The third-order valence-corrected chi connectivity index (χ3v) is 1.13. The van der Waals surface area contributed by atoms with Crippen molar-refractivity contribution in [1.29, 1.82) is 0 Å². The van der Waals surface area contributed by atoms with Crippen molar-refractivity contribution in [3.05, 3.63) is 12.2 Å². The molecule has 0 aromatic rings. The fraction of sp³-hybridized carbons (Fsp3) is 0.500. The minimum Gasteiger partial charge on any atom is -0.301 e. The third-order valence-electron chi connectivity index (χ3n) is 1.13. The lowest BCUT2D eigenvalue weighted by molar-refractivity contribution is -0.104. The average molecular weight is 139 g/mol. The number of aliphatic imine (C=N–C) groups is 1. The molecule has 56 valence electrons. The highest BCUT2D eigenvalue weighted by Crippen LogP contribution is 1.97. The summed E-state index contributed by atoms with van der Waals surface area (Å²) in [6, 6.07) is 0. The first-order valence-electron chi connectivity index (χ1n) is 3.33.